The Morgan fingerprint density at radius 1 is 1.39 bits per heavy atom. The molecular formula is C10H8F3NO3S. The average molecular weight is 279 g/mol. The first-order valence-electron chi connectivity index (χ1n) is 4.78. The van der Waals surface area contributed by atoms with E-state index in [1.165, 1.54) is 24.4 Å². The first kappa shape index (κ1) is 12.9. The molecule has 0 saturated heterocycles. The highest BCUT2D eigenvalue weighted by Gasteiger charge is 2.28. The molecule has 0 aliphatic carbocycles. The molecule has 0 aliphatic rings. The maximum Gasteiger partial charge on any atom is 0.422 e. The van der Waals surface area contributed by atoms with Crippen molar-refractivity contribution < 1.29 is 26.7 Å². The average Bonchev–Trinajstić information content (AvgIpc) is 2.68. The van der Waals surface area contributed by atoms with Crippen LogP contribution in [0.15, 0.2) is 29.3 Å². The minimum Gasteiger partial charge on any atom is -0.484 e. The number of H-pyrrole nitrogens is 1. The van der Waals surface area contributed by atoms with E-state index in [4.69, 9.17) is 4.55 Å². The molecule has 1 atom stereocenters. The monoisotopic (exact) mass is 279 g/mol. The molecule has 8 heteroatoms. The Morgan fingerprint density at radius 2 is 2.11 bits per heavy atom. The van der Waals surface area contributed by atoms with Crippen LogP contribution < -0.4 is 4.74 Å². The van der Waals surface area contributed by atoms with Crippen molar-refractivity contribution in [2.75, 3.05) is 6.61 Å². The zero-order valence-electron chi connectivity index (χ0n) is 8.82. The van der Waals surface area contributed by atoms with Crippen LogP contribution in [0.4, 0.5) is 13.2 Å². The van der Waals surface area contributed by atoms with Gasteiger partial charge in [-0.1, -0.05) is 0 Å². The zero-order chi connectivity index (χ0) is 13.3. The van der Waals surface area contributed by atoms with Crippen LogP contribution in [0.3, 0.4) is 0 Å². The number of fused-ring (bicyclic) bond motifs is 1. The lowest BCUT2D eigenvalue weighted by Crippen LogP contribution is -2.19. The Labute approximate surface area is 102 Å². The van der Waals surface area contributed by atoms with Gasteiger partial charge >= 0.3 is 6.18 Å². The van der Waals surface area contributed by atoms with Gasteiger partial charge in [0.25, 0.3) is 0 Å². The number of ether oxygens (including phenoxy) is 1. The number of aromatic amines is 1. The van der Waals surface area contributed by atoms with E-state index in [1.807, 2.05) is 0 Å². The molecule has 0 fully saturated rings. The Kier molecular flexibility index (Phi) is 3.31. The van der Waals surface area contributed by atoms with Crippen molar-refractivity contribution in [1.29, 1.82) is 0 Å². The predicted octanol–water partition coefficient (Wildman–Crippen LogP) is 2.69. The first-order valence-corrected chi connectivity index (χ1v) is 5.89. The zero-order valence-corrected chi connectivity index (χ0v) is 9.64. The Bertz CT molecular complexity index is 594. The summed E-state index contributed by atoms with van der Waals surface area (Å²) in [6, 6.07) is 4.09. The molecule has 0 aliphatic heterocycles. The lowest BCUT2D eigenvalue weighted by molar-refractivity contribution is -0.153. The van der Waals surface area contributed by atoms with E-state index in [2.05, 4.69) is 9.72 Å². The fraction of sp³-hybridized carbons (Fsp3) is 0.200. The standard InChI is InChI=1S/C10H8F3NO3S/c11-10(12,13)5-17-6-1-2-7-8(3-6)14-4-9(7)18(15)16/h1-4,14H,5H2,(H,15,16). The van der Waals surface area contributed by atoms with Crippen LogP contribution in [-0.2, 0) is 11.1 Å². The van der Waals surface area contributed by atoms with Crippen molar-refractivity contribution in [1.82, 2.24) is 4.98 Å². The van der Waals surface area contributed by atoms with Crippen molar-refractivity contribution in [2.24, 2.45) is 0 Å². The third-order valence-electron chi connectivity index (χ3n) is 2.21. The predicted molar refractivity (Wildman–Crippen MR) is 58.9 cm³/mol. The largest absolute Gasteiger partial charge is 0.484 e. The van der Waals surface area contributed by atoms with Crippen LogP contribution in [0, 0.1) is 0 Å². The van der Waals surface area contributed by atoms with Crippen LogP contribution in [0.25, 0.3) is 10.9 Å². The molecule has 1 heterocycles. The lowest BCUT2D eigenvalue weighted by atomic mass is 10.2. The van der Waals surface area contributed by atoms with Gasteiger partial charge in [-0.2, -0.15) is 13.2 Å². The normalized spacial score (nSPS) is 13.8. The minimum absolute atomic E-state index is 0.0388. The van der Waals surface area contributed by atoms with E-state index in [0.29, 0.717) is 10.9 Å². The highest BCUT2D eigenvalue weighted by molar-refractivity contribution is 7.79. The van der Waals surface area contributed by atoms with Crippen LogP contribution in [0.5, 0.6) is 5.75 Å². The highest BCUT2D eigenvalue weighted by Crippen LogP contribution is 2.26. The van der Waals surface area contributed by atoms with E-state index in [9.17, 15) is 17.4 Å². The molecule has 2 N–H and O–H groups in total. The van der Waals surface area contributed by atoms with Crippen LogP contribution >= 0.6 is 0 Å². The molecule has 98 valence electrons. The number of hydrogen-bond donors (Lipinski definition) is 2. The lowest BCUT2D eigenvalue weighted by Gasteiger charge is -2.08. The van der Waals surface area contributed by atoms with E-state index in [0.717, 1.165) is 0 Å². The summed E-state index contributed by atoms with van der Waals surface area (Å²) < 4.78 is 60.3. The molecule has 1 unspecified atom stereocenters. The van der Waals surface area contributed by atoms with E-state index < -0.39 is 23.9 Å². The maximum atomic E-state index is 12.0. The third-order valence-corrected chi connectivity index (χ3v) is 2.92. The molecule has 18 heavy (non-hydrogen) atoms. The van der Waals surface area contributed by atoms with Crippen molar-refractivity contribution in [3.63, 3.8) is 0 Å². The molecule has 4 nitrogen and oxygen atoms in total. The summed E-state index contributed by atoms with van der Waals surface area (Å²) >= 11 is -2.15. The molecule has 0 radical (unpaired) electrons. The Balaban J connectivity index is 2.26. The van der Waals surface area contributed by atoms with Crippen molar-refractivity contribution >= 4 is 22.0 Å². The molecule has 0 saturated carbocycles. The van der Waals surface area contributed by atoms with Gasteiger partial charge in [0.1, 0.15) is 5.75 Å². The smallest absolute Gasteiger partial charge is 0.422 e. The summed E-state index contributed by atoms with van der Waals surface area (Å²) in [5, 5.41) is 0.468. The van der Waals surface area contributed by atoms with Gasteiger partial charge in [0.15, 0.2) is 17.7 Å². The Morgan fingerprint density at radius 3 is 2.72 bits per heavy atom. The number of benzene rings is 1. The Hall–Kier alpha value is -1.54. The molecule has 2 aromatic rings. The van der Waals surface area contributed by atoms with Crippen LogP contribution in [-0.4, -0.2) is 26.5 Å². The highest BCUT2D eigenvalue weighted by atomic mass is 32.2. The maximum absolute atomic E-state index is 12.0. The number of hydrogen-bond acceptors (Lipinski definition) is 2. The van der Waals surface area contributed by atoms with Gasteiger partial charge < -0.3 is 14.3 Å². The summed E-state index contributed by atoms with van der Waals surface area (Å²) in [6.07, 6.45) is -3.07. The van der Waals surface area contributed by atoms with E-state index in [1.54, 1.807) is 0 Å². The fourth-order valence-corrected chi connectivity index (χ4v) is 2.00. The summed E-state index contributed by atoms with van der Waals surface area (Å²) in [6.45, 7) is -1.38. The third kappa shape index (κ3) is 2.82. The second-order valence-electron chi connectivity index (χ2n) is 3.51. The molecule has 0 amide bonds. The van der Waals surface area contributed by atoms with Gasteiger partial charge in [-0.05, 0) is 12.1 Å². The van der Waals surface area contributed by atoms with Gasteiger partial charge in [-0.3, -0.25) is 0 Å². The summed E-state index contributed by atoms with van der Waals surface area (Å²) in [4.78, 5) is 2.87. The summed E-state index contributed by atoms with van der Waals surface area (Å²) in [5.74, 6) is 0.0388. The van der Waals surface area contributed by atoms with Crippen molar-refractivity contribution in [2.45, 2.75) is 11.1 Å². The van der Waals surface area contributed by atoms with Crippen LogP contribution in [0.1, 0.15) is 0 Å². The van der Waals surface area contributed by atoms with Gasteiger partial charge in [-0.15, -0.1) is 0 Å². The number of nitrogens with one attached hydrogen (secondary N) is 1. The number of rotatable bonds is 3. The van der Waals surface area contributed by atoms with Crippen molar-refractivity contribution in [3.05, 3.63) is 24.4 Å². The fourth-order valence-electron chi connectivity index (χ4n) is 1.48. The van der Waals surface area contributed by atoms with Crippen LogP contribution in [0.2, 0.25) is 0 Å². The minimum atomic E-state index is -4.40. The van der Waals surface area contributed by atoms with Gasteiger partial charge in [0, 0.05) is 17.6 Å². The van der Waals surface area contributed by atoms with Gasteiger partial charge in [-0.25, -0.2) is 4.21 Å². The summed E-state index contributed by atoms with van der Waals surface area (Å²) in [7, 11) is 0. The SMILES string of the molecule is O=S(O)c1c[nH]c2cc(OCC(F)(F)F)ccc12. The quantitative estimate of drug-likeness (QED) is 0.849. The van der Waals surface area contributed by atoms with Crippen molar-refractivity contribution in [3.8, 4) is 5.75 Å². The summed E-state index contributed by atoms with van der Waals surface area (Å²) in [5.41, 5.74) is 0.437. The topological polar surface area (TPSA) is 62.3 Å². The molecule has 0 spiro atoms. The molecular weight excluding hydrogens is 271 g/mol. The second kappa shape index (κ2) is 4.62. The van der Waals surface area contributed by atoms with Gasteiger partial charge in [0.05, 0.1) is 10.4 Å². The first-order chi connectivity index (χ1) is 8.37. The van der Waals surface area contributed by atoms with E-state index >= 15 is 0 Å². The second-order valence-corrected chi connectivity index (χ2v) is 4.45. The molecule has 1 aromatic heterocycles. The number of alkyl halides is 3. The number of halogens is 3. The molecule has 2 rings (SSSR count). The van der Waals surface area contributed by atoms with E-state index in [-0.39, 0.29) is 10.6 Å². The molecule has 1 aromatic carbocycles. The number of aromatic nitrogens is 1. The van der Waals surface area contributed by atoms with Gasteiger partial charge in [0.2, 0.25) is 0 Å². The molecule has 0 bridgehead atoms.